The summed E-state index contributed by atoms with van der Waals surface area (Å²) in [5, 5.41) is 40.3. The highest BCUT2D eigenvalue weighted by Gasteiger charge is 2.78. The van der Waals surface area contributed by atoms with Gasteiger partial charge in [-0.2, -0.15) is 0 Å². The summed E-state index contributed by atoms with van der Waals surface area (Å²) in [6, 6.07) is 2.97. The third-order valence-corrected chi connectivity index (χ3v) is 15.1. The number of alkyl carbamates (subject to hydrolysis) is 1. The van der Waals surface area contributed by atoms with Gasteiger partial charge in [0.25, 0.3) is 0 Å². The molecule has 2 bridgehead atoms. The maximum atomic E-state index is 15.9. The zero-order valence-corrected chi connectivity index (χ0v) is 42.0. The number of aliphatic hydroxyl groups is 3. The van der Waals surface area contributed by atoms with E-state index in [1.807, 2.05) is 6.26 Å². The van der Waals surface area contributed by atoms with Gasteiger partial charge < -0.3 is 58.5 Å². The van der Waals surface area contributed by atoms with E-state index in [2.05, 4.69) is 5.32 Å². The summed E-state index contributed by atoms with van der Waals surface area (Å²) in [5.74, 6) is -5.91. The van der Waals surface area contributed by atoms with E-state index in [1.165, 1.54) is 67.9 Å². The van der Waals surface area contributed by atoms with Crippen LogP contribution in [-0.2, 0) is 47.6 Å². The lowest BCUT2D eigenvalue weighted by atomic mass is 9.44. The molecule has 1 amide bonds. The van der Waals surface area contributed by atoms with Crippen molar-refractivity contribution >= 4 is 57.3 Å². The fraction of sp³-hybridized carbons (Fsp3) is 0.660. The van der Waals surface area contributed by atoms with Crippen LogP contribution >= 0.6 is 21.6 Å². The van der Waals surface area contributed by atoms with Crippen molar-refractivity contribution in [2.45, 2.75) is 148 Å². The van der Waals surface area contributed by atoms with Gasteiger partial charge in [-0.15, -0.1) is 0 Å². The molecule has 1 aromatic carbocycles. The molecule has 4 N–H and O–H groups in total. The second kappa shape index (κ2) is 20.3. The van der Waals surface area contributed by atoms with Crippen molar-refractivity contribution in [2.75, 3.05) is 32.8 Å². The number of carbonyl (C=O) groups is 6. The quantitative estimate of drug-likeness (QED) is 0.0605. The number of Topliss-reactive ketones (excluding diaryl/α,β-unsaturated/α-hetero) is 1. The third-order valence-electron chi connectivity index (χ3n) is 13.3. The van der Waals surface area contributed by atoms with Crippen molar-refractivity contribution in [3.63, 3.8) is 0 Å². The first-order valence-corrected chi connectivity index (χ1v) is 24.6. The molecule has 67 heavy (non-hydrogen) atoms. The maximum absolute atomic E-state index is 15.9. The molecule has 0 aromatic heterocycles. The Bertz CT molecular complexity index is 2160. The van der Waals surface area contributed by atoms with Crippen molar-refractivity contribution < 1.29 is 82.0 Å². The molecule has 3 aliphatic carbocycles. The summed E-state index contributed by atoms with van der Waals surface area (Å²) in [6.45, 7) is 15.1. The molecular formula is C47H65NO17S2. The average Bonchev–Trinajstić information content (AvgIpc) is 3.22. The van der Waals surface area contributed by atoms with E-state index in [1.54, 1.807) is 54.5 Å². The highest BCUT2D eigenvalue weighted by atomic mass is 33.1. The zero-order chi connectivity index (χ0) is 50.2. The zero-order valence-electron chi connectivity index (χ0n) is 40.3. The first-order chi connectivity index (χ1) is 31.1. The van der Waals surface area contributed by atoms with Gasteiger partial charge >= 0.3 is 30.0 Å². The molecule has 5 rings (SSSR count). The van der Waals surface area contributed by atoms with E-state index in [9.17, 15) is 39.3 Å². The van der Waals surface area contributed by atoms with Crippen LogP contribution in [-0.4, -0.2) is 143 Å². The van der Waals surface area contributed by atoms with Crippen LogP contribution in [0.2, 0.25) is 0 Å². The van der Waals surface area contributed by atoms with Gasteiger partial charge in [-0.1, -0.05) is 47.1 Å². The minimum atomic E-state index is -2.48. The topological polar surface area (TPSA) is 249 Å². The number of benzene rings is 1. The lowest BCUT2D eigenvalue weighted by Gasteiger charge is -2.67. The number of rotatable bonds is 15. The fourth-order valence-corrected chi connectivity index (χ4v) is 11.2. The number of hydrogen-bond acceptors (Lipinski definition) is 19. The Hall–Kier alpha value is -4.34. The highest BCUT2D eigenvalue weighted by molar-refractivity contribution is 8.76. The van der Waals surface area contributed by atoms with Crippen molar-refractivity contribution in [1.29, 1.82) is 0 Å². The molecule has 1 saturated heterocycles. The Labute approximate surface area is 398 Å². The van der Waals surface area contributed by atoms with E-state index < -0.39 is 118 Å². The molecule has 4 aliphatic rings. The SMILES string of the molecule is COc1ccc(OC)c(C(=O)O[C@H]2C3[C@](C)(C(=O)[C@H](OC(=O)CCSSC)C4=C(C)[C@@H](OC(=O)[C@H](O)[C@H](C=C(C)C)NC(=O)OC(C)(C)C)C[C@]2(O)C4(C)C)C(O)C[C@H]2OC[C@@]32OC(C)=O)c1. The molecule has 1 aliphatic heterocycles. The summed E-state index contributed by atoms with van der Waals surface area (Å²) in [4.78, 5) is 84.9. The number of ketones is 1. The smallest absolute Gasteiger partial charge is 0.408 e. The summed E-state index contributed by atoms with van der Waals surface area (Å²) in [6.07, 6.45) is -8.79. The lowest BCUT2D eigenvalue weighted by molar-refractivity contribution is -0.346. The van der Waals surface area contributed by atoms with Crippen molar-refractivity contribution in [2.24, 2.45) is 16.7 Å². The number of nitrogens with one attached hydrogen (secondary N) is 1. The molecule has 0 radical (unpaired) electrons. The minimum Gasteiger partial charge on any atom is -0.497 e. The van der Waals surface area contributed by atoms with Gasteiger partial charge in [-0.05, 0) is 84.1 Å². The molecule has 2 saturated carbocycles. The second-order valence-electron chi connectivity index (χ2n) is 19.4. The predicted octanol–water partition coefficient (Wildman–Crippen LogP) is 4.82. The van der Waals surface area contributed by atoms with Crippen molar-refractivity contribution in [3.05, 3.63) is 46.6 Å². The molecule has 20 heteroatoms. The fourth-order valence-electron chi connectivity index (χ4n) is 10.0. The van der Waals surface area contributed by atoms with Crippen LogP contribution in [0.5, 0.6) is 11.5 Å². The molecule has 18 nitrogen and oxygen atoms in total. The van der Waals surface area contributed by atoms with Crippen LogP contribution in [0.3, 0.4) is 0 Å². The normalized spacial score (nSPS) is 30.5. The summed E-state index contributed by atoms with van der Waals surface area (Å²) < 4.78 is 47.1. The first kappa shape index (κ1) is 53.6. The van der Waals surface area contributed by atoms with Gasteiger partial charge in [0, 0.05) is 30.9 Å². The van der Waals surface area contributed by atoms with Crippen LogP contribution in [0.4, 0.5) is 4.79 Å². The number of esters is 4. The van der Waals surface area contributed by atoms with Crippen molar-refractivity contribution in [1.82, 2.24) is 5.32 Å². The number of hydrogen-bond donors (Lipinski definition) is 4. The lowest BCUT2D eigenvalue weighted by Crippen LogP contribution is -2.82. The highest BCUT2D eigenvalue weighted by Crippen LogP contribution is 2.64. The standard InChI is InChI=1S/C47H65NO17S2/c1-23(2)18-28(48-42(56)65-43(5,6)7)35(52)41(55)61-30-21-47(57)39(63-40(54)27-19-26(58-11)14-15-29(27)59-12)37-45(10,31(50)20-32-46(37,22-60-32)64-25(4)49)38(53)36(34(24(30)3)44(47,8)9)62-33(51)16-17-67-66-13/h14-15,18-19,28,30-32,35-37,39,50,52,57H,16-17,20-22H2,1-13H3,(H,48,56)/t28-,30-,31?,32+,35+,36+,37?,39-,45+,46-,47+/m0/s1. The maximum Gasteiger partial charge on any atom is 0.408 e. The number of ether oxygens (including phenoxy) is 8. The summed E-state index contributed by atoms with van der Waals surface area (Å²) in [7, 11) is 5.50. The molecular weight excluding hydrogens is 915 g/mol. The Morgan fingerprint density at radius 2 is 1.70 bits per heavy atom. The van der Waals surface area contributed by atoms with Gasteiger partial charge in [0.1, 0.15) is 46.6 Å². The van der Waals surface area contributed by atoms with Gasteiger partial charge in [-0.3, -0.25) is 14.4 Å². The number of fused-ring (bicyclic) bond motifs is 5. The Kier molecular flexibility index (Phi) is 16.3. The van der Waals surface area contributed by atoms with Crippen LogP contribution in [0.25, 0.3) is 0 Å². The monoisotopic (exact) mass is 979 g/mol. The Morgan fingerprint density at radius 1 is 1.03 bits per heavy atom. The van der Waals surface area contributed by atoms with Crippen LogP contribution in [0.15, 0.2) is 41.0 Å². The van der Waals surface area contributed by atoms with E-state index in [0.29, 0.717) is 11.3 Å². The molecule has 11 atom stereocenters. The molecule has 3 fully saturated rings. The number of amides is 1. The number of methoxy groups -OCH3 is 2. The Morgan fingerprint density at radius 3 is 2.25 bits per heavy atom. The van der Waals surface area contributed by atoms with Gasteiger partial charge in [0.05, 0.1) is 50.7 Å². The molecule has 1 heterocycles. The third kappa shape index (κ3) is 10.3. The summed E-state index contributed by atoms with van der Waals surface area (Å²) >= 11 is 0. The van der Waals surface area contributed by atoms with Crippen LogP contribution in [0, 0.1) is 16.7 Å². The molecule has 372 valence electrons. The van der Waals surface area contributed by atoms with Crippen molar-refractivity contribution in [3.8, 4) is 11.5 Å². The average molecular weight is 980 g/mol. The minimum absolute atomic E-state index is 0.0301. The van der Waals surface area contributed by atoms with E-state index >= 15 is 4.79 Å². The van der Waals surface area contributed by atoms with E-state index in [0.717, 1.165) is 6.92 Å². The molecule has 0 spiro atoms. The number of carbonyl (C=O) groups excluding carboxylic acids is 6. The molecule has 1 aromatic rings. The number of aliphatic hydroxyl groups excluding tert-OH is 2. The van der Waals surface area contributed by atoms with Crippen LogP contribution in [0.1, 0.15) is 98.9 Å². The predicted molar refractivity (Wildman–Crippen MR) is 245 cm³/mol. The first-order valence-electron chi connectivity index (χ1n) is 21.9. The van der Waals surface area contributed by atoms with Crippen LogP contribution < -0.4 is 14.8 Å². The van der Waals surface area contributed by atoms with Gasteiger partial charge in [-0.25, -0.2) is 14.4 Å². The largest absolute Gasteiger partial charge is 0.497 e. The summed E-state index contributed by atoms with van der Waals surface area (Å²) in [5.41, 5.74) is -8.57. The second-order valence-corrected chi connectivity index (χ2v) is 22.0. The van der Waals surface area contributed by atoms with E-state index in [4.69, 9.17) is 37.9 Å². The van der Waals surface area contributed by atoms with Gasteiger partial charge in [0.15, 0.2) is 23.6 Å². The molecule has 2 unspecified atom stereocenters. The Balaban J connectivity index is 1.78. The van der Waals surface area contributed by atoms with Gasteiger partial charge in [0.2, 0.25) is 0 Å². The number of allylic oxidation sites excluding steroid dienone is 1. The van der Waals surface area contributed by atoms with E-state index in [-0.39, 0.29) is 47.7 Å².